The standard InChI is InChI=1S/C15H24N2O/c1-5-17(11(2)3)15(18)12(4)14(16)13-9-7-6-8-10-13/h6-12,14H,5,16H2,1-4H3. The van der Waals surface area contributed by atoms with Gasteiger partial charge in [0.25, 0.3) is 0 Å². The molecule has 1 aromatic rings. The summed E-state index contributed by atoms with van der Waals surface area (Å²) in [6, 6.07) is 9.77. The summed E-state index contributed by atoms with van der Waals surface area (Å²) < 4.78 is 0. The van der Waals surface area contributed by atoms with Crippen LogP contribution in [-0.2, 0) is 4.79 Å². The molecule has 0 spiro atoms. The Hall–Kier alpha value is -1.35. The van der Waals surface area contributed by atoms with Crippen molar-refractivity contribution in [2.24, 2.45) is 11.7 Å². The minimum absolute atomic E-state index is 0.129. The number of carbonyl (C=O) groups is 1. The number of nitrogens with two attached hydrogens (primary N) is 1. The Balaban J connectivity index is 2.81. The summed E-state index contributed by atoms with van der Waals surface area (Å²) in [7, 11) is 0. The van der Waals surface area contributed by atoms with Gasteiger partial charge in [0.1, 0.15) is 0 Å². The van der Waals surface area contributed by atoms with Crippen LogP contribution < -0.4 is 5.73 Å². The van der Waals surface area contributed by atoms with Crippen molar-refractivity contribution in [3.63, 3.8) is 0 Å². The van der Waals surface area contributed by atoms with Crippen molar-refractivity contribution in [1.29, 1.82) is 0 Å². The molecule has 0 saturated carbocycles. The quantitative estimate of drug-likeness (QED) is 0.870. The molecule has 2 atom stereocenters. The van der Waals surface area contributed by atoms with Crippen molar-refractivity contribution < 1.29 is 4.79 Å². The van der Waals surface area contributed by atoms with Crippen molar-refractivity contribution in [2.45, 2.75) is 39.8 Å². The van der Waals surface area contributed by atoms with E-state index in [1.54, 1.807) is 0 Å². The summed E-state index contributed by atoms with van der Waals surface area (Å²) in [4.78, 5) is 14.2. The van der Waals surface area contributed by atoms with Gasteiger partial charge in [-0.05, 0) is 26.3 Å². The highest BCUT2D eigenvalue weighted by Gasteiger charge is 2.27. The maximum atomic E-state index is 12.4. The first-order valence-electron chi connectivity index (χ1n) is 6.60. The van der Waals surface area contributed by atoms with Gasteiger partial charge in [-0.2, -0.15) is 0 Å². The molecule has 100 valence electrons. The highest BCUT2D eigenvalue weighted by atomic mass is 16.2. The molecule has 2 N–H and O–H groups in total. The number of carbonyl (C=O) groups excluding carboxylic acids is 1. The van der Waals surface area contributed by atoms with Gasteiger partial charge in [-0.3, -0.25) is 4.79 Å². The van der Waals surface area contributed by atoms with Gasteiger partial charge in [0.05, 0.1) is 5.92 Å². The van der Waals surface area contributed by atoms with E-state index >= 15 is 0 Å². The minimum Gasteiger partial charge on any atom is -0.340 e. The van der Waals surface area contributed by atoms with Gasteiger partial charge in [-0.1, -0.05) is 37.3 Å². The van der Waals surface area contributed by atoms with Gasteiger partial charge in [0.2, 0.25) is 5.91 Å². The third-order valence-corrected chi connectivity index (χ3v) is 3.36. The number of benzene rings is 1. The SMILES string of the molecule is CCN(C(=O)C(C)C(N)c1ccccc1)C(C)C. The first-order valence-corrected chi connectivity index (χ1v) is 6.60. The van der Waals surface area contributed by atoms with E-state index < -0.39 is 0 Å². The van der Waals surface area contributed by atoms with Gasteiger partial charge in [0.15, 0.2) is 0 Å². The van der Waals surface area contributed by atoms with Crippen LogP contribution in [0, 0.1) is 5.92 Å². The largest absolute Gasteiger partial charge is 0.340 e. The Labute approximate surface area is 110 Å². The smallest absolute Gasteiger partial charge is 0.227 e. The third kappa shape index (κ3) is 3.33. The van der Waals surface area contributed by atoms with Crippen molar-refractivity contribution in [2.75, 3.05) is 6.54 Å². The van der Waals surface area contributed by atoms with Crippen LogP contribution in [0.1, 0.15) is 39.3 Å². The van der Waals surface area contributed by atoms with E-state index in [0.717, 1.165) is 12.1 Å². The third-order valence-electron chi connectivity index (χ3n) is 3.36. The first kappa shape index (κ1) is 14.7. The zero-order valence-electron chi connectivity index (χ0n) is 11.8. The molecule has 0 bridgehead atoms. The van der Waals surface area contributed by atoms with Crippen molar-refractivity contribution >= 4 is 5.91 Å². The molecule has 2 unspecified atom stereocenters. The van der Waals surface area contributed by atoms with E-state index in [1.165, 1.54) is 0 Å². The lowest BCUT2D eigenvalue weighted by atomic mass is 9.94. The molecule has 0 radical (unpaired) electrons. The van der Waals surface area contributed by atoms with E-state index in [0.29, 0.717) is 0 Å². The summed E-state index contributed by atoms with van der Waals surface area (Å²) in [6.07, 6.45) is 0. The summed E-state index contributed by atoms with van der Waals surface area (Å²) in [6.45, 7) is 8.69. The first-order chi connectivity index (χ1) is 8.49. The molecule has 0 aliphatic carbocycles. The molecule has 1 aromatic carbocycles. The number of hydrogen-bond acceptors (Lipinski definition) is 2. The van der Waals surface area contributed by atoms with Crippen LogP contribution in [-0.4, -0.2) is 23.4 Å². The Morgan fingerprint density at radius 1 is 1.22 bits per heavy atom. The minimum atomic E-state index is -0.244. The van der Waals surface area contributed by atoms with Crippen LogP contribution in [0.4, 0.5) is 0 Å². The van der Waals surface area contributed by atoms with Crippen LogP contribution in [0.5, 0.6) is 0 Å². The van der Waals surface area contributed by atoms with E-state index in [2.05, 4.69) is 0 Å². The second-order valence-corrected chi connectivity index (χ2v) is 4.94. The van der Waals surface area contributed by atoms with Crippen LogP contribution in [0.3, 0.4) is 0 Å². The second kappa shape index (κ2) is 6.55. The average Bonchev–Trinajstić information content (AvgIpc) is 2.38. The number of nitrogens with zero attached hydrogens (tertiary/aromatic N) is 1. The molecular formula is C15H24N2O. The predicted molar refractivity (Wildman–Crippen MR) is 75.1 cm³/mol. The van der Waals surface area contributed by atoms with E-state index in [9.17, 15) is 4.79 Å². The molecule has 1 amide bonds. The Bertz CT molecular complexity index is 375. The fourth-order valence-electron chi connectivity index (χ4n) is 2.15. The Morgan fingerprint density at radius 2 is 1.78 bits per heavy atom. The fourth-order valence-corrected chi connectivity index (χ4v) is 2.15. The van der Waals surface area contributed by atoms with Crippen LogP contribution in [0.2, 0.25) is 0 Å². The van der Waals surface area contributed by atoms with Crippen LogP contribution in [0.25, 0.3) is 0 Å². The molecule has 0 aliphatic heterocycles. The molecular weight excluding hydrogens is 224 g/mol. The maximum absolute atomic E-state index is 12.4. The summed E-state index contributed by atoms with van der Waals surface area (Å²) in [5.74, 6) is -0.0707. The molecule has 0 aliphatic rings. The highest BCUT2D eigenvalue weighted by Crippen LogP contribution is 2.21. The summed E-state index contributed by atoms with van der Waals surface area (Å²) >= 11 is 0. The predicted octanol–water partition coefficient (Wildman–Crippen LogP) is 2.58. The van der Waals surface area contributed by atoms with E-state index in [1.807, 2.05) is 62.9 Å². The van der Waals surface area contributed by atoms with E-state index in [4.69, 9.17) is 5.73 Å². The van der Waals surface area contributed by atoms with Crippen LogP contribution in [0.15, 0.2) is 30.3 Å². The Morgan fingerprint density at radius 3 is 2.22 bits per heavy atom. The van der Waals surface area contributed by atoms with Gasteiger partial charge in [-0.25, -0.2) is 0 Å². The molecule has 0 fully saturated rings. The number of rotatable bonds is 5. The van der Waals surface area contributed by atoms with Gasteiger partial charge < -0.3 is 10.6 Å². The summed E-state index contributed by atoms with van der Waals surface area (Å²) in [5, 5.41) is 0. The lowest BCUT2D eigenvalue weighted by molar-refractivity contribution is -0.137. The maximum Gasteiger partial charge on any atom is 0.227 e. The molecule has 0 heterocycles. The average molecular weight is 248 g/mol. The molecule has 3 nitrogen and oxygen atoms in total. The Kier molecular flexibility index (Phi) is 5.35. The van der Waals surface area contributed by atoms with Gasteiger partial charge in [-0.15, -0.1) is 0 Å². The topological polar surface area (TPSA) is 46.3 Å². The zero-order chi connectivity index (χ0) is 13.7. The lowest BCUT2D eigenvalue weighted by Crippen LogP contribution is -2.43. The monoisotopic (exact) mass is 248 g/mol. The highest BCUT2D eigenvalue weighted by molar-refractivity contribution is 5.79. The lowest BCUT2D eigenvalue weighted by Gasteiger charge is -2.30. The molecule has 1 rings (SSSR count). The van der Waals surface area contributed by atoms with E-state index in [-0.39, 0.29) is 23.9 Å². The normalized spacial score (nSPS) is 14.3. The van der Waals surface area contributed by atoms with Gasteiger partial charge in [0, 0.05) is 18.6 Å². The fraction of sp³-hybridized carbons (Fsp3) is 0.533. The number of hydrogen-bond donors (Lipinski definition) is 1. The molecule has 0 aromatic heterocycles. The second-order valence-electron chi connectivity index (χ2n) is 4.94. The zero-order valence-corrected chi connectivity index (χ0v) is 11.8. The van der Waals surface area contributed by atoms with Crippen molar-refractivity contribution in [3.8, 4) is 0 Å². The van der Waals surface area contributed by atoms with Crippen molar-refractivity contribution in [3.05, 3.63) is 35.9 Å². The molecule has 0 saturated heterocycles. The van der Waals surface area contributed by atoms with Gasteiger partial charge >= 0.3 is 0 Å². The summed E-state index contributed by atoms with van der Waals surface area (Å²) in [5.41, 5.74) is 7.20. The van der Waals surface area contributed by atoms with Crippen molar-refractivity contribution in [1.82, 2.24) is 4.90 Å². The molecule has 3 heteroatoms. The molecule has 18 heavy (non-hydrogen) atoms. The van der Waals surface area contributed by atoms with Crippen LogP contribution >= 0.6 is 0 Å². The number of amides is 1.